The van der Waals surface area contributed by atoms with E-state index in [4.69, 9.17) is 0 Å². The Bertz CT molecular complexity index is 567. The molecule has 0 spiro atoms. The summed E-state index contributed by atoms with van der Waals surface area (Å²) < 4.78 is 0. The van der Waals surface area contributed by atoms with Crippen LogP contribution in [0.2, 0.25) is 0 Å². The quantitative estimate of drug-likeness (QED) is 0.816. The Hall–Kier alpha value is -1.85. The Labute approximate surface area is 108 Å². The monoisotopic (exact) mass is 238 g/mol. The molecule has 0 amide bonds. The fourth-order valence-corrected chi connectivity index (χ4v) is 2.12. The number of hydrogen-bond acceptors (Lipinski definition) is 2. The summed E-state index contributed by atoms with van der Waals surface area (Å²) in [5.41, 5.74) is 1.12. The number of hydrogen-bond donors (Lipinski definition) is 0. The van der Waals surface area contributed by atoms with Crippen molar-refractivity contribution in [2.75, 3.05) is 20.6 Å². The van der Waals surface area contributed by atoms with E-state index in [9.17, 15) is 5.26 Å². The summed E-state index contributed by atoms with van der Waals surface area (Å²) in [5.74, 6) is -0.0167. The highest BCUT2D eigenvalue weighted by molar-refractivity contribution is 5.83. The molecule has 0 saturated heterocycles. The second-order valence-corrected chi connectivity index (χ2v) is 4.88. The van der Waals surface area contributed by atoms with Crippen LogP contribution in [0.1, 0.15) is 17.9 Å². The minimum atomic E-state index is -0.0167. The molecule has 0 saturated carbocycles. The normalized spacial score (nSPS) is 12.6. The smallest absolute Gasteiger partial charge is 0.0725 e. The Kier molecular flexibility index (Phi) is 3.96. The predicted molar refractivity (Wildman–Crippen MR) is 75.5 cm³/mol. The lowest BCUT2D eigenvalue weighted by molar-refractivity contribution is 0.393. The van der Waals surface area contributed by atoms with E-state index >= 15 is 0 Å². The van der Waals surface area contributed by atoms with Crippen molar-refractivity contribution >= 4 is 10.8 Å². The highest BCUT2D eigenvalue weighted by atomic mass is 15.0. The standard InChI is InChI=1S/C16H18N2/c1-18(2)10-9-16(12-17)15-8-7-13-5-3-4-6-14(13)11-15/h3-8,11,16H,9-10H2,1-2H3/t16-/m1/s1. The number of nitriles is 1. The molecule has 2 aromatic rings. The number of rotatable bonds is 4. The van der Waals surface area contributed by atoms with E-state index in [1.165, 1.54) is 10.8 Å². The molecule has 18 heavy (non-hydrogen) atoms. The third-order valence-corrected chi connectivity index (χ3v) is 3.20. The van der Waals surface area contributed by atoms with E-state index in [-0.39, 0.29) is 5.92 Å². The minimum Gasteiger partial charge on any atom is -0.309 e. The number of benzene rings is 2. The van der Waals surface area contributed by atoms with Gasteiger partial charge in [0.2, 0.25) is 0 Å². The van der Waals surface area contributed by atoms with Crippen molar-refractivity contribution in [1.82, 2.24) is 4.90 Å². The molecular formula is C16H18N2. The molecule has 2 heteroatoms. The van der Waals surface area contributed by atoms with Crippen LogP contribution in [0.4, 0.5) is 0 Å². The van der Waals surface area contributed by atoms with Crippen LogP contribution in [-0.4, -0.2) is 25.5 Å². The van der Waals surface area contributed by atoms with Crippen molar-refractivity contribution in [3.8, 4) is 6.07 Å². The molecule has 1 atom stereocenters. The van der Waals surface area contributed by atoms with E-state index in [1.807, 2.05) is 26.2 Å². The van der Waals surface area contributed by atoms with E-state index in [0.717, 1.165) is 18.5 Å². The largest absolute Gasteiger partial charge is 0.309 e. The fourth-order valence-electron chi connectivity index (χ4n) is 2.12. The lowest BCUT2D eigenvalue weighted by Gasteiger charge is -2.14. The molecular weight excluding hydrogens is 220 g/mol. The highest BCUT2D eigenvalue weighted by Crippen LogP contribution is 2.23. The first-order chi connectivity index (χ1) is 8.70. The van der Waals surface area contributed by atoms with Crippen LogP contribution in [0.25, 0.3) is 10.8 Å². The van der Waals surface area contributed by atoms with Gasteiger partial charge in [-0.1, -0.05) is 36.4 Å². The maximum Gasteiger partial charge on any atom is 0.0725 e. The first kappa shape index (κ1) is 12.6. The van der Waals surface area contributed by atoms with Crippen molar-refractivity contribution in [2.24, 2.45) is 0 Å². The summed E-state index contributed by atoms with van der Waals surface area (Å²) in [6.07, 6.45) is 0.877. The summed E-state index contributed by atoms with van der Waals surface area (Å²) in [6.45, 7) is 0.936. The SMILES string of the molecule is CN(C)CC[C@H](C#N)c1ccc2ccccc2c1. The molecule has 92 valence electrons. The van der Waals surface area contributed by atoms with Crippen LogP contribution in [0, 0.1) is 11.3 Å². The van der Waals surface area contributed by atoms with E-state index in [0.29, 0.717) is 0 Å². The van der Waals surface area contributed by atoms with Crippen LogP contribution >= 0.6 is 0 Å². The van der Waals surface area contributed by atoms with Gasteiger partial charge in [-0.05, 0) is 49.5 Å². The third kappa shape index (κ3) is 2.88. The molecule has 0 unspecified atom stereocenters. The molecule has 2 nitrogen and oxygen atoms in total. The van der Waals surface area contributed by atoms with Gasteiger partial charge in [0.05, 0.1) is 12.0 Å². The lowest BCUT2D eigenvalue weighted by Crippen LogP contribution is -2.15. The van der Waals surface area contributed by atoms with Crippen molar-refractivity contribution in [2.45, 2.75) is 12.3 Å². The summed E-state index contributed by atoms with van der Waals surface area (Å²) in [4.78, 5) is 2.12. The van der Waals surface area contributed by atoms with Crippen LogP contribution < -0.4 is 0 Å². The molecule has 0 aliphatic heterocycles. The van der Waals surface area contributed by atoms with Crippen LogP contribution in [0.15, 0.2) is 42.5 Å². The van der Waals surface area contributed by atoms with Crippen molar-refractivity contribution in [1.29, 1.82) is 5.26 Å². The van der Waals surface area contributed by atoms with Crippen LogP contribution in [0.5, 0.6) is 0 Å². The molecule has 0 aliphatic rings. The van der Waals surface area contributed by atoms with E-state index in [1.54, 1.807) is 0 Å². The van der Waals surface area contributed by atoms with Crippen molar-refractivity contribution in [3.63, 3.8) is 0 Å². The fraction of sp³-hybridized carbons (Fsp3) is 0.312. The Morgan fingerprint density at radius 2 is 1.83 bits per heavy atom. The highest BCUT2D eigenvalue weighted by Gasteiger charge is 2.11. The first-order valence-corrected chi connectivity index (χ1v) is 6.24. The average Bonchev–Trinajstić information content (AvgIpc) is 2.39. The van der Waals surface area contributed by atoms with Gasteiger partial charge < -0.3 is 4.90 Å². The second-order valence-electron chi connectivity index (χ2n) is 4.88. The summed E-state index contributed by atoms with van der Waals surface area (Å²) in [7, 11) is 4.07. The minimum absolute atomic E-state index is 0.0167. The van der Waals surface area contributed by atoms with Crippen LogP contribution in [-0.2, 0) is 0 Å². The van der Waals surface area contributed by atoms with Gasteiger partial charge in [-0.3, -0.25) is 0 Å². The molecule has 2 aromatic carbocycles. The van der Waals surface area contributed by atoms with E-state index < -0.39 is 0 Å². The molecule has 0 aliphatic carbocycles. The Morgan fingerprint density at radius 3 is 2.50 bits per heavy atom. The molecule has 0 fully saturated rings. The van der Waals surface area contributed by atoms with Gasteiger partial charge in [-0.2, -0.15) is 5.26 Å². The van der Waals surface area contributed by atoms with Gasteiger partial charge in [0.25, 0.3) is 0 Å². The zero-order valence-electron chi connectivity index (χ0n) is 10.9. The third-order valence-electron chi connectivity index (χ3n) is 3.20. The molecule has 2 rings (SSSR count). The lowest BCUT2D eigenvalue weighted by atomic mass is 9.94. The van der Waals surface area contributed by atoms with E-state index in [2.05, 4.69) is 41.3 Å². The van der Waals surface area contributed by atoms with Gasteiger partial charge >= 0.3 is 0 Å². The molecule has 0 aromatic heterocycles. The van der Waals surface area contributed by atoms with Crippen LogP contribution in [0.3, 0.4) is 0 Å². The maximum atomic E-state index is 9.30. The van der Waals surface area contributed by atoms with Gasteiger partial charge in [-0.25, -0.2) is 0 Å². The maximum absolute atomic E-state index is 9.30. The second kappa shape index (κ2) is 5.66. The molecule has 0 bridgehead atoms. The number of nitrogens with zero attached hydrogens (tertiary/aromatic N) is 2. The van der Waals surface area contributed by atoms with Crippen molar-refractivity contribution in [3.05, 3.63) is 48.0 Å². The van der Waals surface area contributed by atoms with Gasteiger partial charge in [-0.15, -0.1) is 0 Å². The zero-order chi connectivity index (χ0) is 13.0. The van der Waals surface area contributed by atoms with Gasteiger partial charge in [0.15, 0.2) is 0 Å². The summed E-state index contributed by atoms with van der Waals surface area (Å²) in [6, 6.07) is 17.0. The number of fused-ring (bicyclic) bond motifs is 1. The molecule has 0 heterocycles. The predicted octanol–water partition coefficient (Wildman–Crippen LogP) is 3.40. The summed E-state index contributed by atoms with van der Waals surface area (Å²) >= 11 is 0. The first-order valence-electron chi connectivity index (χ1n) is 6.24. The Balaban J connectivity index is 2.26. The van der Waals surface area contributed by atoms with Gasteiger partial charge in [0.1, 0.15) is 0 Å². The molecule has 0 N–H and O–H groups in total. The zero-order valence-corrected chi connectivity index (χ0v) is 10.9. The summed E-state index contributed by atoms with van der Waals surface area (Å²) in [5, 5.41) is 11.7. The Morgan fingerprint density at radius 1 is 1.11 bits per heavy atom. The average molecular weight is 238 g/mol. The topological polar surface area (TPSA) is 27.0 Å². The van der Waals surface area contributed by atoms with Crippen molar-refractivity contribution < 1.29 is 0 Å². The molecule has 0 radical (unpaired) electrons. The van der Waals surface area contributed by atoms with Gasteiger partial charge in [0, 0.05) is 0 Å².